The molecule has 2 aromatic rings. The summed E-state index contributed by atoms with van der Waals surface area (Å²) in [5, 5.41) is 0. The van der Waals surface area contributed by atoms with Crippen LogP contribution in [0.3, 0.4) is 0 Å². The van der Waals surface area contributed by atoms with E-state index in [1.54, 1.807) is 0 Å². The van der Waals surface area contributed by atoms with Gasteiger partial charge in [-0.1, -0.05) is 36.8 Å². The number of ether oxygens (including phenoxy) is 1. The fourth-order valence-electron chi connectivity index (χ4n) is 3.90. The molecule has 1 aliphatic heterocycles. The molecule has 3 unspecified atom stereocenters. The number of benzene rings is 2. The van der Waals surface area contributed by atoms with Crippen LogP contribution in [-0.4, -0.2) is 23.5 Å². The molecule has 3 rings (SSSR count). The fourth-order valence-corrected chi connectivity index (χ4v) is 3.90. The molecule has 0 aliphatic carbocycles. The Kier molecular flexibility index (Phi) is 5.54. The van der Waals surface area contributed by atoms with Crippen molar-refractivity contribution in [1.82, 2.24) is 4.90 Å². The summed E-state index contributed by atoms with van der Waals surface area (Å²) in [7, 11) is 0. The smallest absolute Gasteiger partial charge is 0.127 e. The number of hydrogen-bond donors (Lipinski definition) is 1. The van der Waals surface area contributed by atoms with Gasteiger partial charge in [0.2, 0.25) is 0 Å². The average molecular weight is 324 g/mol. The van der Waals surface area contributed by atoms with E-state index < -0.39 is 0 Å². The first-order valence-corrected chi connectivity index (χ1v) is 8.99. The first-order chi connectivity index (χ1) is 11.7. The number of para-hydroxylation sites is 1. The van der Waals surface area contributed by atoms with Gasteiger partial charge < -0.3 is 10.5 Å². The Morgan fingerprint density at radius 1 is 1.00 bits per heavy atom. The highest BCUT2D eigenvalue weighted by molar-refractivity contribution is 5.35. The minimum absolute atomic E-state index is 0.245. The zero-order chi connectivity index (χ0) is 16.9. The molecule has 0 saturated carbocycles. The summed E-state index contributed by atoms with van der Waals surface area (Å²) in [6.45, 7) is 5.27. The topological polar surface area (TPSA) is 38.5 Å². The molecule has 2 aromatic carbocycles. The second-order valence-corrected chi connectivity index (χ2v) is 6.82. The summed E-state index contributed by atoms with van der Waals surface area (Å²) in [6, 6.07) is 19.7. The third kappa shape index (κ3) is 3.80. The van der Waals surface area contributed by atoms with Crippen LogP contribution < -0.4 is 10.5 Å². The monoisotopic (exact) mass is 324 g/mol. The van der Waals surface area contributed by atoms with Gasteiger partial charge in [0.25, 0.3) is 0 Å². The Morgan fingerprint density at radius 3 is 2.33 bits per heavy atom. The zero-order valence-corrected chi connectivity index (χ0v) is 14.7. The summed E-state index contributed by atoms with van der Waals surface area (Å²) in [5.41, 5.74) is 7.42. The predicted molar refractivity (Wildman–Crippen MR) is 99.4 cm³/mol. The molecule has 128 valence electrons. The third-order valence-electron chi connectivity index (χ3n) is 5.07. The van der Waals surface area contributed by atoms with Crippen molar-refractivity contribution in [2.45, 2.75) is 51.2 Å². The van der Waals surface area contributed by atoms with Gasteiger partial charge in [0.1, 0.15) is 11.5 Å². The summed E-state index contributed by atoms with van der Waals surface area (Å²) < 4.78 is 6.00. The predicted octanol–water partition coefficient (Wildman–Crippen LogP) is 4.74. The first kappa shape index (κ1) is 17.0. The number of nitrogens with two attached hydrogens (primary N) is 1. The standard InChI is InChI=1S/C21H28N2O/c1-16-8-6-9-17(2)23(16)21(15-22)18-10-7-13-20(14-18)24-19-11-4-3-5-12-19/h3-5,7,10-14,16-17,21H,6,8-9,15,22H2,1-2H3. The van der Waals surface area contributed by atoms with E-state index >= 15 is 0 Å². The van der Waals surface area contributed by atoms with E-state index in [1.807, 2.05) is 36.4 Å². The number of nitrogens with zero attached hydrogens (tertiary/aromatic N) is 1. The lowest BCUT2D eigenvalue weighted by molar-refractivity contribution is 0.0577. The summed E-state index contributed by atoms with van der Waals surface area (Å²) in [6.07, 6.45) is 3.81. The molecule has 3 heteroatoms. The van der Waals surface area contributed by atoms with Gasteiger partial charge in [0.05, 0.1) is 0 Å². The first-order valence-electron chi connectivity index (χ1n) is 8.99. The second-order valence-electron chi connectivity index (χ2n) is 6.82. The lowest BCUT2D eigenvalue weighted by Crippen LogP contribution is -2.48. The molecule has 0 radical (unpaired) electrons. The van der Waals surface area contributed by atoms with E-state index in [2.05, 4.69) is 36.9 Å². The van der Waals surface area contributed by atoms with Crippen molar-refractivity contribution in [2.75, 3.05) is 6.54 Å². The molecule has 0 bridgehead atoms. The zero-order valence-electron chi connectivity index (χ0n) is 14.7. The molecule has 1 fully saturated rings. The normalized spacial score (nSPS) is 23.0. The van der Waals surface area contributed by atoms with Crippen LogP contribution in [-0.2, 0) is 0 Å². The van der Waals surface area contributed by atoms with E-state index in [4.69, 9.17) is 10.5 Å². The van der Waals surface area contributed by atoms with Crippen LogP contribution in [0.25, 0.3) is 0 Å². The van der Waals surface area contributed by atoms with Crippen molar-refractivity contribution in [3.63, 3.8) is 0 Å². The number of piperidine rings is 1. The van der Waals surface area contributed by atoms with Crippen molar-refractivity contribution < 1.29 is 4.74 Å². The molecular weight excluding hydrogens is 296 g/mol. The van der Waals surface area contributed by atoms with Crippen molar-refractivity contribution >= 4 is 0 Å². The van der Waals surface area contributed by atoms with Crippen molar-refractivity contribution in [1.29, 1.82) is 0 Å². The quantitative estimate of drug-likeness (QED) is 0.863. The second kappa shape index (κ2) is 7.82. The minimum atomic E-state index is 0.245. The molecule has 24 heavy (non-hydrogen) atoms. The summed E-state index contributed by atoms with van der Waals surface area (Å²) in [4.78, 5) is 2.59. The van der Waals surface area contributed by atoms with Crippen LogP contribution in [0.5, 0.6) is 11.5 Å². The molecule has 0 spiro atoms. The van der Waals surface area contributed by atoms with Crippen LogP contribution in [0.4, 0.5) is 0 Å². The molecule has 3 nitrogen and oxygen atoms in total. The average Bonchev–Trinajstić information content (AvgIpc) is 2.59. The van der Waals surface area contributed by atoms with E-state index in [1.165, 1.54) is 24.8 Å². The van der Waals surface area contributed by atoms with Crippen LogP contribution in [0.2, 0.25) is 0 Å². The summed E-state index contributed by atoms with van der Waals surface area (Å²) in [5.74, 6) is 1.73. The van der Waals surface area contributed by atoms with Crippen LogP contribution in [0.15, 0.2) is 54.6 Å². The van der Waals surface area contributed by atoms with Crippen molar-refractivity contribution in [3.05, 3.63) is 60.2 Å². The van der Waals surface area contributed by atoms with Gasteiger partial charge in [0.15, 0.2) is 0 Å². The highest BCUT2D eigenvalue weighted by Gasteiger charge is 2.31. The maximum atomic E-state index is 6.18. The maximum Gasteiger partial charge on any atom is 0.127 e. The molecule has 1 heterocycles. The lowest BCUT2D eigenvalue weighted by atomic mass is 9.92. The Morgan fingerprint density at radius 2 is 1.67 bits per heavy atom. The maximum absolute atomic E-state index is 6.18. The Hall–Kier alpha value is -1.84. The van der Waals surface area contributed by atoms with E-state index in [-0.39, 0.29) is 6.04 Å². The van der Waals surface area contributed by atoms with Crippen LogP contribution in [0, 0.1) is 0 Å². The van der Waals surface area contributed by atoms with Crippen LogP contribution in [0.1, 0.15) is 44.7 Å². The van der Waals surface area contributed by atoms with E-state index in [9.17, 15) is 0 Å². The minimum Gasteiger partial charge on any atom is -0.457 e. The SMILES string of the molecule is CC1CCCC(C)N1C(CN)c1cccc(Oc2ccccc2)c1. The van der Waals surface area contributed by atoms with Gasteiger partial charge in [-0.2, -0.15) is 0 Å². The van der Waals surface area contributed by atoms with Gasteiger partial charge in [-0.3, -0.25) is 4.90 Å². The van der Waals surface area contributed by atoms with Gasteiger partial charge in [-0.05, 0) is 56.5 Å². The molecule has 0 amide bonds. The molecule has 2 N–H and O–H groups in total. The van der Waals surface area contributed by atoms with Crippen molar-refractivity contribution in [3.8, 4) is 11.5 Å². The molecular formula is C21H28N2O. The van der Waals surface area contributed by atoms with E-state index in [0.29, 0.717) is 18.6 Å². The van der Waals surface area contributed by atoms with Gasteiger partial charge in [-0.15, -0.1) is 0 Å². The molecule has 1 saturated heterocycles. The Bertz CT molecular complexity index is 633. The van der Waals surface area contributed by atoms with Gasteiger partial charge in [-0.25, -0.2) is 0 Å². The molecule has 1 aliphatic rings. The summed E-state index contributed by atoms with van der Waals surface area (Å²) >= 11 is 0. The number of rotatable bonds is 5. The third-order valence-corrected chi connectivity index (χ3v) is 5.07. The largest absolute Gasteiger partial charge is 0.457 e. The Balaban J connectivity index is 1.83. The number of hydrogen-bond acceptors (Lipinski definition) is 3. The highest BCUT2D eigenvalue weighted by atomic mass is 16.5. The van der Waals surface area contributed by atoms with Gasteiger partial charge in [0, 0.05) is 24.7 Å². The van der Waals surface area contributed by atoms with Gasteiger partial charge >= 0.3 is 0 Å². The molecule has 0 aromatic heterocycles. The fraction of sp³-hybridized carbons (Fsp3) is 0.429. The number of likely N-dealkylation sites (tertiary alicyclic amines) is 1. The van der Waals surface area contributed by atoms with Crippen molar-refractivity contribution in [2.24, 2.45) is 5.73 Å². The molecule has 3 atom stereocenters. The van der Waals surface area contributed by atoms with E-state index in [0.717, 1.165) is 11.5 Å². The Labute approximate surface area is 145 Å². The highest BCUT2D eigenvalue weighted by Crippen LogP contribution is 2.33. The van der Waals surface area contributed by atoms with Crippen LogP contribution >= 0.6 is 0 Å². The lowest BCUT2D eigenvalue weighted by Gasteiger charge is -2.44.